The van der Waals surface area contributed by atoms with Crippen LogP contribution >= 0.6 is 0 Å². The molecular formula is C14H18N4. The van der Waals surface area contributed by atoms with Crippen molar-refractivity contribution in [2.45, 2.75) is 12.8 Å². The molecule has 0 radical (unpaired) electrons. The van der Waals surface area contributed by atoms with Gasteiger partial charge in [0.25, 0.3) is 0 Å². The van der Waals surface area contributed by atoms with E-state index in [2.05, 4.69) is 20.6 Å². The molecule has 0 amide bonds. The van der Waals surface area contributed by atoms with Crippen molar-refractivity contribution in [2.75, 3.05) is 25.0 Å². The van der Waals surface area contributed by atoms with Crippen molar-refractivity contribution in [3.05, 3.63) is 30.5 Å². The highest BCUT2D eigenvalue weighted by molar-refractivity contribution is 5.78. The summed E-state index contributed by atoms with van der Waals surface area (Å²) >= 11 is 0. The molecule has 18 heavy (non-hydrogen) atoms. The monoisotopic (exact) mass is 242 g/mol. The first-order valence-electron chi connectivity index (χ1n) is 6.58. The summed E-state index contributed by atoms with van der Waals surface area (Å²) < 4.78 is 0. The van der Waals surface area contributed by atoms with E-state index in [0.29, 0.717) is 0 Å². The zero-order valence-corrected chi connectivity index (χ0v) is 10.4. The van der Waals surface area contributed by atoms with Crippen molar-refractivity contribution >= 4 is 16.9 Å². The number of nitrogens with zero attached hydrogens (tertiary/aromatic N) is 2. The average molecular weight is 242 g/mol. The second kappa shape index (κ2) is 5.31. The standard InChI is InChI=1S/C14H18N4/c1-2-4-13-12(3-1)10-17-14(18-13)16-8-6-11-5-7-15-9-11/h1-4,10-11,15H,5-9H2,(H,16,17,18). The fraction of sp³-hybridized carbons (Fsp3) is 0.429. The fourth-order valence-electron chi connectivity index (χ4n) is 2.41. The van der Waals surface area contributed by atoms with Gasteiger partial charge < -0.3 is 10.6 Å². The highest BCUT2D eigenvalue weighted by atomic mass is 15.1. The van der Waals surface area contributed by atoms with Crippen molar-refractivity contribution in [3.8, 4) is 0 Å². The minimum atomic E-state index is 0.736. The Balaban J connectivity index is 1.60. The minimum Gasteiger partial charge on any atom is -0.354 e. The lowest BCUT2D eigenvalue weighted by Crippen LogP contribution is -2.13. The number of para-hydroxylation sites is 1. The highest BCUT2D eigenvalue weighted by Crippen LogP contribution is 2.14. The van der Waals surface area contributed by atoms with Gasteiger partial charge in [-0.2, -0.15) is 0 Å². The lowest BCUT2D eigenvalue weighted by Gasteiger charge is -2.09. The first kappa shape index (κ1) is 11.4. The third-order valence-corrected chi connectivity index (χ3v) is 3.49. The van der Waals surface area contributed by atoms with Crippen molar-refractivity contribution < 1.29 is 0 Å². The van der Waals surface area contributed by atoms with Crippen molar-refractivity contribution in [1.82, 2.24) is 15.3 Å². The summed E-state index contributed by atoms with van der Waals surface area (Å²) in [6.07, 6.45) is 4.35. The van der Waals surface area contributed by atoms with Gasteiger partial charge in [0.15, 0.2) is 0 Å². The summed E-state index contributed by atoms with van der Waals surface area (Å²) in [4.78, 5) is 8.83. The van der Waals surface area contributed by atoms with E-state index < -0.39 is 0 Å². The Labute approximate surface area is 107 Å². The zero-order valence-electron chi connectivity index (χ0n) is 10.4. The molecule has 1 fully saturated rings. The van der Waals surface area contributed by atoms with E-state index in [4.69, 9.17) is 0 Å². The van der Waals surface area contributed by atoms with Crippen molar-refractivity contribution in [3.63, 3.8) is 0 Å². The van der Waals surface area contributed by atoms with E-state index in [9.17, 15) is 0 Å². The molecule has 94 valence electrons. The Morgan fingerprint density at radius 3 is 3.17 bits per heavy atom. The van der Waals surface area contributed by atoms with E-state index in [1.54, 1.807) is 0 Å². The van der Waals surface area contributed by atoms with Crippen LogP contribution in [0.5, 0.6) is 0 Å². The van der Waals surface area contributed by atoms with Crippen LogP contribution in [0.2, 0.25) is 0 Å². The molecule has 0 saturated carbocycles. The molecule has 1 unspecified atom stereocenters. The van der Waals surface area contributed by atoms with E-state index in [0.717, 1.165) is 42.4 Å². The SMILES string of the molecule is c1ccc2nc(NCCC3CCNC3)ncc2c1. The summed E-state index contributed by atoms with van der Waals surface area (Å²) in [7, 11) is 0. The smallest absolute Gasteiger partial charge is 0.223 e. The summed E-state index contributed by atoms with van der Waals surface area (Å²) in [5.74, 6) is 1.54. The van der Waals surface area contributed by atoms with Gasteiger partial charge >= 0.3 is 0 Å². The molecule has 0 spiro atoms. The highest BCUT2D eigenvalue weighted by Gasteiger charge is 2.13. The van der Waals surface area contributed by atoms with Crippen molar-refractivity contribution in [2.24, 2.45) is 5.92 Å². The maximum Gasteiger partial charge on any atom is 0.223 e. The lowest BCUT2D eigenvalue weighted by molar-refractivity contribution is 0.548. The van der Waals surface area contributed by atoms with Crippen molar-refractivity contribution in [1.29, 1.82) is 0 Å². The number of anilines is 1. The molecule has 4 heteroatoms. The van der Waals surface area contributed by atoms with Gasteiger partial charge in [-0.15, -0.1) is 0 Å². The van der Waals surface area contributed by atoms with Crippen LogP contribution < -0.4 is 10.6 Å². The van der Waals surface area contributed by atoms with Gasteiger partial charge in [0.1, 0.15) is 0 Å². The van der Waals surface area contributed by atoms with E-state index in [-0.39, 0.29) is 0 Å². The Morgan fingerprint density at radius 2 is 2.28 bits per heavy atom. The van der Waals surface area contributed by atoms with Gasteiger partial charge in [-0.25, -0.2) is 9.97 Å². The van der Waals surface area contributed by atoms with Crippen LogP contribution in [0.3, 0.4) is 0 Å². The molecular weight excluding hydrogens is 224 g/mol. The topological polar surface area (TPSA) is 49.8 Å². The molecule has 1 aromatic heterocycles. The summed E-state index contributed by atoms with van der Waals surface area (Å²) in [6, 6.07) is 8.06. The molecule has 2 N–H and O–H groups in total. The number of hydrogen-bond donors (Lipinski definition) is 2. The Kier molecular flexibility index (Phi) is 3.37. The Morgan fingerprint density at radius 1 is 1.33 bits per heavy atom. The van der Waals surface area contributed by atoms with Crippen LogP contribution in [0.15, 0.2) is 30.5 Å². The zero-order chi connectivity index (χ0) is 12.2. The number of benzene rings is 1. The largest absolute Gasteiger partial charge is 0.354 e. The van der Waals surface area contributed by atoms with Gasteiger partial charge in [-0.3, -0.25) is 0 Å². The molecule has 0 bridgehead atoms. The second-order valence-corrected chi connectivity index (χ2v) is 4.83. The normalized spacial score (nSPS) is 19.2. The third kappa shape index (κ3) is 2.59. The van der Waals surface area contributed by atoms with Crippen LogP contribution in [0.1, 0.15) is 12.8 Å². The summed E-state index contributed by atoms with van der Waals surface area (Å²) in [5.41, 5.74) is 0.998. The van der Waals surface area contributed by atoms with Crippen LogP contribution in [-0.2, 0) is 0 Å². The van der Waals surface area contributed by atoms with Gasteiger partial charge in [0, 0.05) is 18.1 Å². The van der Waals surface area contributed by atoms with Gasteiger partial charge in [0.2, 0.25) is 5.95 Å². The number of nitrogens with one attached hydrogen (secondary N) is 2. The molecule has 1 aromatic carbocycles. The first-order valence-corrected chi connectivity index (χ1v) is 6.58. The third-order valence-electron chi connectivity index (χ3n) is 3.49. The number of aromatic nitrogens is 2. The average Bonchev–Trinajstić information content (AvgIpc) is 2.92. The number of rotatable bonds is 4. The summed E-state index contributed by atoms with van der Waals surface area (Å²) in [5, 5.41) is 7.79. The van der Waals surface area contributed by atoms with Gasteiger partial charge in [-0.05, 0) is 37.9 Å². The van der Waals surface area contributed by atoms with Crippen LogP contribution in [0.4, 0.5) is 5.95 Å². The number of fused-ring (bicyclic) bond motifs is 1. The first-order chi connectivity index (χ1) is 8.92. The molecule has 1 aliphatic rings. The van der Waals surface area contributed by atoms with Gasteiger partial charge in [0.05, 0.1) is 5.52 Å². The van der Waals surface area contributed by atoms with E-state index >= 15 is 0 Å². The molecule has 4 nitrogen and oxygen atoms in total. The van der Waals surface area contributed by atoms with Crippen LogP contribution in [0, 0.1) is 5.92 Å². The predicted molar refractivity (Wildman–Crippen MR) is 73.6 cm³/mol. The predicted octanol–water partition coefficient (Wildman–Crippen LogP) is 2.04. The maximum atomic E-state index is 4.50. The van der Waals surface area contributed by atoms with Crippen LogP contribution in [-0.4, -0.2) is 29.6 Å². The lowest BCUT2D eigenvalue weighted by atomic mass is 10.1. The Hall–Kier alpha value is -1.68. The Bertz CT molecular complexity index is 520. The van der Waals surface area contributed by atoms with E-state index in [1.165, 1.54) is 12.8 Å². The fourth-order valence-corrected chi connectivity index (χ4v) is 2.41. The summed E-state index contributed by atoms with van der Waals surface area (Å²) in [6.45, 7) is 3.27. The quantitative estimate of drug-likeness (QED) is 0.861. The molecule has 1 atom stereocenters. The number of hydrogen-bond acceptors (Lipinski definition) is 4. The molecule has 1 aliphatic heterocycles. The van der Waals surface area contributed by atoms with Crippen LogP contribution in [0.25, 0.3) is 10.9 Å². The van der Waals surface area contributed by atoms with E-state index in [1.807, 2.05) is 30.5 Å². The second-order valence-electron chi connectivity index (χ2n) is 4.83. The molecule has 0 aliphatic carbocycles. The molecule has 1 saturated heterocycles. The van der Waals surface area contributed by atoms with Gasteiger partial charge in [-0.1, -0.05) is 18.2 Å². The minimum absolute atomic E-state index is 0.736. The maximum absolute atomic E-state index is 4.50. The molecule has 2 aromatic rings. The molecule has 2 heterocycles. The molecule has 3 rings (SSSR count).